The number of rotatable bonds is 3. The lowest BCUT2D eigenvalue weighted by molar-refractivity contribution is -0.153. The SMILES string of the molecule is N#CCC(=O)NC12CC(n3cnc4cnc5[nH]ccc5c43)(C1)C2. The zero-order valence-electron chi connectivity index (χ0n) is 12.3. The number of amides is 1. The van der Waals surface area contributed by atoms with Gasteiger partial charge in [-0.1, -0.05) is 0 Å². The third kappa shape index (κ3) is 1.50. The van der Waals surface area contributed by atoms with Gasteiger partial charge in [-0.25, -0.2) is 9.97 Å². The fourth-order valence-electron chi connectivity index (χ4n) is 4.40. The van der Waals surface area contributed by atoms with Crippen LogP contribution in [0.15, 0.2) is 24.8 Å². The van der Waals surface area contributed by atoms with Crippen molar-refractivity contribution in [2.45, 2.75) is 36.8 Å². The molecule has 23 heavy (non-hydrogen) atoms. The van der Waals surface area contributed by atoms with Gasteiger partial charge in [0.25, 0.3) is 0 Å². The highest BCUT2D eigenvalue weighted by atomic mass is 16.1. The molecule has 3 heterocycles. The minimum Gasteiger partial charge on any atom is -0.350 e. The van der Waals surface area contributed by atoms with Crippen LogP contribution in [0.1, 0.15) is 25.7 Å². The van der Waals surface area contributed by atoms with Gasteiger partial charge in [-0.2, -0.15) is 5.26 Å². The second-order valence-electron chi connectivity index (χ2n) is 6.76. The van der Waals surface area contributed by atoms with Gasteiger partial charge in [0.1, 0.15) is 17.6 Å². The number of hydrogen-bond acceptors (Lipinski definition) is 4. The summed E-state index contributed by atoms with van der Waals surface area (Å²) in [4.78, 5) is 23.7. The molecule has 0 atom stereocenters. The van der Waals surface area contributed by atoms with Crippen molar-refractivity contribution in [3.8, 4) is 6.07 Å². The smallest absolute Gasteiger partial charge is 0.234 e. The summed E-state index contributed by atoms with van der Waals surface area (Å²) in [5, 5.41) is 12.7. The molecular weight excluding hydrogens is 292 g/mol. The van der Waals surface area contributed by atoms with E-state index in [4.69, 9.17) is 5.26 Å². The van der Waals surface area contributed by atoms with Gasteiger partial charge >= 0.3 is 0 Å². The molecule has 3 aromatic rings. The molecule has 2 N–H and O–H groups in total. The van der Waals surface area contributed by atoms with Crippen molar-refractivity contribution < 1.29 is 4.79 Å². The number of aromatic nitrogens is 4. The van der Waals surface area contributed by atoms with E-state index >= 15 is 0 Å². The summed E-state index contributed by atoms with van der Waals surface area (Å²) < 4.78 is 2.25. The van der Waals surface area contributed by atoms with Crippen LogP contribution >= 0.6 is 0 Å². The Morgan fingerprint density at radius 2 is 2.26 bits per heavy atom. The molecule has 3 aliphatic carbocycles. The highest BCUT2D eigenvalue weighted by Gasteiger charge is 2.69. The predicted octanol–water partition coefficient (Wildman–Crippen LogP) is 1.57. The van der Waals surface area contributed by atoms with E-state index in [9.17, 15) is 4.79 Å². The number of hydrogen-bond donors (Lipinski definition) is 2. The van der Waals surface area contributed by atoms with Gasteiger partial charge in [0.2, 0.25) is 5.91 Å². The van der Waals surface area contributed by atoms with Gasteiger partial charge in [0.05, 0.1) is 29.6 Å². The van der Waals surface area contributed by atoms with Crippen molar-refractivity contribution in [1.82, 2.24) is 24.8 Å². The van der Waals surface area contributed by atoms with Crippen LogP contribution in [0.3, 0.4) is 0 Å². The summed E-state index contributed by atoms with van der Waals surface area (Å²) in [5.41, 5.74) is 2.79. The standard InChI is InChI=1S/C16H14N6O/c17-3-1-12(23)21-15-6-16(7-15,8-15)22-9-20-11-5-19-14-10(13(11)22)2-4-18-14/h2,4-5,9H,1,6-8H2,(H,18,19)(H,21,23). The first kappa shape index (κ1) is 12.6. The predicted molar refractivity (Wildman–Crippen MR) is 82.3 cm³/mol. The van der Waals surface area contributed by atoms with E-state index in [1.54, 1.807) is 6.20 Å². The maximum atomic E-state index is 11.7. The third-order valence-electron chi connectivity index (χ3n) is 5.25. The summed E-state index contributed by atoms with van der Waals surface area (Å²) in [7, 11) is 0. The molecule has 6 rings (SSSR count). The number of fused-ring (bicyclic) bond motifs is 3. The van der Waals surface area contributed by atoms with Crippen molar-refractivity contribution >= 4 is 28.0 Å². The minimum atomic E-state index is -0.173. The number of aromatic amines is 1. The molecule has 3 fully saturated rings. The van der Waals surface area contributed by atoms with Crippen LogP contribution in [0.2, 0.25) is 0 Å². The molecule has 0 saturated heterocycles. The van der Waals surface area contributed by atoms with Crippen molar-refractivity contribution in [2.24, 2.45) is 0 Å². The Morgan fingerprint density at radius 3 is 3.04 bits per heavy atom. The first-order valence-corrected chi connectivity index (χ1v) is 7.62. The Kier molecular flexibility index (Phi) is 2.14. The van der Waals surface area contributed by atoms with Gasteiger partial charge < -0.3 is 14.9 Å². The highest BCUT2D eigenvalue weighted by Crippen LogP contribution is 2.65. The summed E-state index contributed by atoms with van der Waals surface area (Å²) in [6.45, 7) is 0. The molecule has 0 unspecified atom stereocenters. The zero-order chi connectivity index (χ0) is 15.7. The highest BCUT2D eigenvalue weighted by molar-refractivity contribution is 6.01. The number of pyridine rings is 1. The lowest BCUT2D eigenvalue weighted by atomic mass is 9.44. The number of nitriles is 1. The maximum absolute atomic E-state index is 11.7. The fraction of sp³-hybridized carbons (Fsp3) is 0.375. The molecule has 0 radical (unpaired) electrons. The molecule has 3 aromatic heterocycles. The first-order chi connectivity index (χ1) is 11.1. The van der Waals surface area contributed by atoms with E-state index in [1.807, 2.05) is 24.7 Å². The summed E-state index contributed by atoms with van der Waals surface area (Å²) >= 11 is 0. The Morgan fingerprint density at radius 1 is 1.43 bits per heavy atom. The van der Waals surface area contributed by atoms with E-state index < -0.39 is 0 Å². The monoisotopic (exact) mass is 306 g/mol. The largest absolute Gasteiger partial charge is 0.350 e. The quantitative estimate of drug-likeness (QED) is 0.767. The Bertz CT molecular complexity index is 987. The van der Waals surface area contributed by atoms with Gasteiger partial charge in [-0.3, -0.25) is 4.79 Å². The Hall–Kier alpha value is -2.88. The molecule has 0 aromatic carbocycles. The van der Waals surface area contributed by atoms with Crippen LogP contribution in [-0.2, 0) is 10.3 Å². The molecule has 7 heteroatoms. The van der Waals surface area contributed by atoms with Crippen LogP contribution in [0.4, 0.5) is 0 Å². The molecule has 0 aliphatic heterocycles. The molecular formula is C16H14N6O. The van der Waals surface area contributed by atoms with Crippen LogP contribution in [-0.4, -0.2) is 31.0 Å². The van der Waals surface area contributed by atoms with Crippen LogP contribution in [0, 0.1) is 11.3 Å². The average Bonchev–Trinajstić information content (AvgIpc) is 3.07. The topological polar surface area (TPSA) is 99.4 Å². The maximum Gasteiger partial charge on any atom is 0.234 e. The number of nitrogens with one attached hydrogen (secondary N) is 2. The van der Waals surface area contributed by atoms with E-state index in [0.29, 0.717) is 0 Å². The van der Waals surface area contributed by atoms with E-state index in [0.717, 1.165) is 41.3 Å². The first-order valence-electron chi connectivity index (χ1n) is 7.62. The van der Waals surface area contributed by atoms with E-state index in [2.05, 4.69) is 24.8 Å². The Labute approximate surface area is 131 Å². The molecule has 7 nitrogen and oxygen atoms in total. The molecule has 1 amide bonds. The molecule has 3 saturated carbocycles. The number of H-pyrrole nitrogens is 1. The Balaban J connectivity index is 1.49. The van der Waals surface area contributed by atoms with Gasteiger partial charge in [0, 0.05) is 17.1 Å². The summed E-state index contributed by atoms with van der Waals surface area (Å²) in [6.07, 6.45) is 8.20. The van der Waals surface area contributed by atoms with Gasteiger partial charge in [0.15, 0.2) is 0 Å². The number of imidazole rings is 1. The van der Waals surface area contributed by atoms with Crippen LogP contribution in [0.25, 0.3) is 22.1 Å². The normalized spacial score (nSPS) is 28.1. The van der Waals surface area contributed by atoms with E-state index in [1.165, 1.54) is 0 Å². The summed E-state index contributed by atoms with van der Waals surface area (Å²) in [5.74, 6) is -0.173. The lowest BCUT2D eigenvalue weighted by Crippen LogP contribution is -2.78. The third-order valence-corrected chi connectivity index (χ3v) is 5.25. The van der Waals surface area contributed by atoms with Crippen LogP contribution in [0.5, 0.6) is 0 Å². The molecule has 2 bridgehead atoms. The molecule has 114 valence electrons. The van der Waals surface area contributed by atoms with E-state index in [-0.39, 0.29) is 23.4 Å². The zero-order valence-corrected chi connectivity index (χ0v) is 12.3. The number of nitrogens with zero attached hydrogens (tertiary/aromatic N) is 4. The molecule has 0 spiro atoms. The average molecular weight is 306 g/mol. The van der Waals surface area contributed by atoms with Crippen molar-refractivity contribution in [2.75, 3.05) is 0 Å². The number of carbonyl (C=O) groups excluding carboxylic acids is 1. The number of carbonyl (C=O) groups is 1. The van der Waals surface area contributed by atoms with Crippen LogP contribution < -0.4 is 5.32 Å². The van der Waals surface area contributed by atoms with Gasteiger partial charge in [-0.15, -0.1) is 0 Å². The van der Waals surface area contributed by atoms with Crippen molar-refractivity contribution in [3.05, 3.63) is 24.8 Å². The fourth-order valence-corrected chi connectivity index (χ4v) is 4.40. The second kappa shape index (κ2) is 3.90. The molecule has 3 aliphatic rings. The lowest BCUT2D eigenvalue weighted by Gasteiger charge is -2.70. The second-order valence-corrected chi connectivity index (χ2v) is 6.76. The van der Waals surface area contributed by atoms with Crippen molar-refractivity contribution in [3.63, 3.8) is 0 Å². The minimum absolute atomic E-state index is 0.0419. The summed E-state index contributed by atoms with van der Waals surface area (Å²) in [6, 6.07) is 3.92. The van der Waals surface area contributed by atoms with Crippen molar-refractivity contribution in [1.29, 1.82) is 5.26 Å². The van der Waals surface area contributed by atoms with Gasteiger partial charge in [-0.05, 0) is 25.3 Å².